The highest BCUT2D eigenvalue weighted by Crippen LogP contribution is 2.31. The number of ether oxygens (including phenoxy) is 1. The van der Waals surface area contributed by atoms with Gasteiger partial charge in [0.15, 0.2) is 0 Å². The number of alkyl halides is 3. The van der Waals surface area contributed by atoms with Crippen LogP contribution in [-0.4, -0.2) is 36.5 Å². The molecule has 1 aromatic rings. The molecule has 0 saturated carbocycles. The fourth-order valence-electron chi connectivity index (χ4n) is 3.14. The van der Waals surface area contributed by atoms with Crippen molar-refractivity contribution in [2.75, 3.05) is 19.7 Å². The minimum atomic E-state index is -4.66. The van der Waals surface area contributed by atoms with Crippen molar-refractivity contribution < 1.29 is 31.9 Å². The summed E-state index contributed by atoms with van der Waals surface area (Å²) in [6, 6.07) is 1.79. The van der Waals surface area contributed by atoms with Crippen LogP contribution in [0.25, 0.3) is 0 Å². The SMILES string of the molecule is CC(C)CCCOC(=O)C1CCN(C(=O)c2cc(C(F)(F)F)ccc2F)CC1. The van der Waals surface area contributed by atoms with E-state index < -0.39 is 29.0 Å². The van der Waals surface area contributed by atoms with E-state index in [4.69, 9.17) is 4.74 Å². The minimum Gasteiger partial charge on any atom is -0.465 e. The van der Waals surface area contributed by atoms with Gasteiger partial charge >= 0.3 is 12.1 Å². The summed E-state index contributed by atoms with van der Waals surface area (Å²) < 4.78 is 57.6. The molecule has 0 aliphatic carbocycles. The van der Waals surface area contributed by atoms with E-state index in [1.54, 1.807) is 0 Å². The van der Waals surface area contributed by atoms with Crippen LogP contribution in [0.2, 0.25) is 0 Å². The molecule has 1 fully saturated rings. The maximum Gasteiger partial charge on any atom is 0.416 e. The van der Waals surface area contributed by atoms with Crippen LogP contribution in [0.4, 0.5) is 17.6 Å². The Morgan fingerprint density at radius 3 is 2.43 bits per heavy atom. The van der Waals surface area contributed by atoms with Crippen LogP contribution in [0.5, 0.6) is 0 Å². The first-order valence-electron chi connectivity index (χ1n) is 9.42. The van der Waals surface area contributed by atoms with Gasteiger partial charge in [0.25, 0.3) is 5.91 Å². The first-order valence-corrected chi connectivity index (χ1v) is 9.42. The smallest absolute Gasteiger partial charge is 0.416 e. The Hall–Kier alpha value is -2.12. The molecule has 1 amide bonds. The lowest BCUT2D eigenvalue weighted by molar-refractivity contribution is -0.150. The highest BCUT2D eigenvalue weighted by atomic mass is 19.4. The third kappa shape index (κ3) is 5.94. The molecule has 156 valence electrons. The molecule has 8 heteroatoms. The number of likely N-dealkylation sites (tertiary alicyclic amines) is 1. The summed E-state index contributed by atoms with van der Waals surface area (Å²) >= 11 is 0. The monoisotopic (exact) mass is 403 g/mol. The van der Waals surface area contributed by atoms with Gasteiger partial charge in [-0.15, -0.1) is 0 Å². The predicted molar refractivity (Wildman–Crippen MR) is 95.1 cm³/mol. The van der Waals surface area contributed by atoms with Crippen molar-refractivity contribution in [3.05, 3.63) is 35.1 Å². The van der Waals surface area contributed by atoms with Gasteiger partial charge in [-0.2, -0.15) is 13.2 Å². The number of benzene rings is 1. The van der Waals surface area contributed by atoms with Crippen molar-refractivity contribution >= 4 is 11.9 Å². The summed E-state index contributed by atoms with van der Waals surface area (Å²) in [4.78, 5) is 25.8. The number of carbonyl (C=O) groups is 2. The summed E-state index contributed by atoms with van der Waals surface area (Å²) in [7, 11) is 0. The van der Waals surface area contributed by atoms with Crippen molar-refractivity contribution in [1.82, 2.24) is 4.90 Å². The normalized spacial score (nSPS) is 15.8. The second-order valence-electron chi connectivity index (χ2n) is 7.46. The summed E-state index contributed by atoms with van der Waals surface area (Å²) in [6.45, 7) is 4.86. The van der Waals surface area contributed by atoms with Gasteiger partial charge in [0.2, 0.25) is 0 Å². The summed E-state index contributed by atoms with van der Waals surface area (Å²) in [5.74, 6) is -1.93. The lowest BCUT2D eigenvalue weighted by Gasteiger charge is -2.31. The lowest BCUT2D eigenvalue weighted by atomic mass is 9.96. The molecule has 0 bridgehead atoms. The molecule has 1 aromatic carbocycles. The fraction of sp³-hybridized carbons (Fsp3) is 0.600. The molecule has 28 heavy (non-hydrogen) atoms. The average Bonchev–Trinajstić information content (AvgIpc) is 2.64. The molecule has 2 rings (SSSR count). The number of esters is 1. The van der Waals surface area contributed by atoms with Crippen molar-refractivity contribution in [2.45, 2.75) is 45.7 Å². The van der Waals surface area contributed by atoms with E-state index in [9.17, 15) is 27.2 Å². The molecule has 1 aliphatic rings. The number of hydrogen-bond donors (Lipinski definition) is 0. The van der Waals surface area contributed by atoms with Gasteiger partial charge < -0.3 is 9.64 Å². The van der Waals surface area contributed by atoms with Crippen molar-refractivity contribution in [3.8, 4) is 0 Å². The second-order valence-corrected chi connectivity index (χ2v) is 7.46. The van der Waals surface area contributed by atoms with Gasteiger partial charge in [0.1, 0.15) is 5.82 Å². The largest absolute Gasteiger partial charge is 0.465 e. The molecule has 0 unspecified atom stereocenters. The molecule has 1 heterocycles. The Morgan fingerprint density at radius 1 is 1.21 bits per heavy atom. The first kappa shape index (κ1) is 22.2. The highest BCUT2D eigenvalue weighted by Gasteiger charge is 2.34. The molecular formula is C20H25F4NO3. The number of halogens is 4. The zero-order valence-corrected chi connectivity index (χ0v) is 16.0. The number of piperidine rings is 1. The molecule has 0 atom stereocenters. The van der Waals surface area contributed by atoms with Gasteiger partial charge in [-0.05, 0) is 49.8 Å². The van der Waals surface area contributed by atoms with Crippen LogP contribution >= 0.6 is 0 Å². The Bertz CT molecular complexity index is 695. The van der Waals surface area contributed by atoms with Gasteiger partial charge in [-0.1, -0.05) is 13.8 Å². The van der Waals surface area contributed by atoms with Crippen molar-refractivity contribution in [3.63, 3.8) is 0 Å². The summed E-state index contributed by atoms with van der Waals surface area (Å²) in [5.41, 5.74) is -1.68. The van der Waals surface area contributed by atoms with E-state index in [0.29, 0.717) is 43.6 Å². The molecule has 0 aromatic heterocycles. The number of nitrogens with zero attached hydrogens (tertiary/aromatic N) is 1. The standard InChI is InChI=1S/C20H25F4NO3/c1-13(2)4-3-11-28-19(27)14-7-9-25(10-8-14)18(26)16-12-15(20(22,23)24)5-6-17(16)21/h5-6,12-14H,3-4,7-11H2,1-2H3. The molecular weight excluding hydrogens is 378 g/mol. The van der Waals surface area contributed by atoms with Crippen LogP contribution in [0.3, 0.4) is 0 Å². The van der Waals surface area contributed by atoms with Crippen LogP contribution in [-0.2, 0) is 15.7 Å². The Labute approximate surface area is 161 Å². The predicted octanol–water partition coefficient (Wildman–Crippen LogP) is 4.68. The Kier molecular flexibility index (Phi) is 7.43. The van der Waals surface area contributed by atoms with Gasteiger partial charge in [-0.25, -0.2) is 4.39 Å². The van der Waals surface area contributed by atoms with E-state index >= 15 is 0 Å². The van der Waals surface area contributed by atoms with Gasteiger partial charge in [-0.3, -0.25) is 9.59 Å². The fourth-order valence-corrected chi connectivity index (χ4v) is 3.14. The third-order valence-corrected chi connectivity index (χ3v) is 4.81. The topological polar surface area (TPSA) is 46.6 Å². The van der Waals surface area contributed by atoms with Crippen molar-refractivity contribution in [1.29, 1.82) is 0 Å². The van der Waals surface area contributed by atoms with Gasteiger partial charge in [0.05, 0.1) is 23.7 Å². The summed E-state index contributed by atoms with van der Waals surface area (Å²) in [5, 5.41) is 0. The number of carbonyl (C=O) groups excluding carboxylic acids is 2. The molecule has 0 radical (unpaired) electrons. The lowest BCUT2D eigenvalue weighted by Crippen LogP contribution is -2.41. The average molecular weight is 403 g/mol. The highest BCUT2D eigenvalue weighted by molar-refractivity contribution is 5.95. The quantitative estimate of drug-likeness (QED) is 0.394. The molecule has 0 N–H and O–H groups in total. The number of hydrogen-bond acceptors (Lipinski definition) is 3. The minimum absolute atomic E-state index is 0.167. The maximum atomic E-state index is 13.9. The zero-order chi connectivity index (χ0) is 20.9. The van der Waals surface area contributed by atoms with Crippen LogP contribution < -0.4 is 0 Å². The molecule has 1 aliphatic heterocycles. The van der Waals surface area contributed by atoms with E-state index in [1.807, 2.05) is 0 Å². The Morgan fingerprint density at radius 2 is 1.86 bits per heavy atom. The van der Waals surface area contributed by atoms with E-state index in [2.05, 4.69) is 13.8 Å². The summed E-state index contributed by atoms with van der Waals surface area (Å²) in [6.07, 6.45) is -2.22. The number of rotatable bonds is 6. The van der Waals surface area contributed by atoms with Crippen LogP contribution in [0.15, 0.2) is 18.2 Å². The van der Waals surface area contributed by atoms with Crippen LogP contribution in [0.1, 0.15) is 55.5 Å². The maximum absolute atomic E-state index is 13.9. The molecule has 0 spiro atoms. The van der Waals surface area contributed by atoms with E-state index in [-0.39, 0.29) is 25.0 Å². The second kappa shape index (κ2) is 9.39. The van der Waals surface area contributed by atoms with Gasteiger partial charge in [0, 0.05) is 13.1 Å². The van der Waals surface area contributed by atoms with Crippen LogP contribution in [0, 0.1) is 17.7 Å². The molecule has 4 nitrogen and oxygen atoms in total. The third-order valence-electron chi connectivity index (χ3n) is 4.81. The Balaban J connectivity index is 1.91. The van der Waals surface area contributed by atoms with E-state index in [1.165, 1.54) is 4.90 Å². The van der Waals surface area contributed by atoms with E-state index in [0.717, 1.165) is 12.8 Å². The van der Waals surface area contributed by atoms with Crippen molar-refractivity contribution in [2.24, 2.45) is 11.8 Å². The first-order chi connectivity index (χ1) is 13.1. The zero-order valence-electron chi connectivity index (χ0n) is 16.0. The number of amides is 1. The molecule has 1 saturated heterocycles.